The molecule has 0 saturated heterocycles. The fourth-order valence-corrected chi connectivity index (χ4v) is 2.21. The molecule has 15 heavy (non-hydrogen) atoms. The Morgan fingerprint density at radius 3 is 2.73 bits per heavy atom. The molecule has 0 bridgehead atoms. The van der Waals surface area contributed by atoms with Gasteiger partial charge in [0.05, 0.1) is 5.52 Å². The maximum Gasteiger partial charge on any atom is 0.0500 e. The molecule has 2 N–H and O–H groups in total. The molecule has 0 aliphatic carbocycles. The lowest BCUT2D eigenvalue weighted by molar-refractivity contribution is 0.713. The number of rotatable bonds is 2. The van der Waals surface area contributed by atoms with Crippen molar-refractivity contribution in [1.82, 2.24) is 4.57 Å². The first kappa shape index (κ1) is 10.5. The Hall–Kier alpha value is -0.990. The van der Waals surface area contributed by atoms with Gasteiger partial charge in [-0.15, -0.1) is 0 Å². The van der Waals surface area contributed by atoms with Gasteiger partial charge in [-0.25, -0.2) is 0 Å². The van der Waals surface area contributed by atoms with E-state index in [1.807, 2.05) is 12.1 Å². The Bertz CT molecular complexity index is 500. The van der Waals surface area contributed by atoms with E-state index in [4.69, 9.17) is 17.3 Å². The summed E-state index contributed by atoms with van der Waals surface area (Å²) in [4.78, 5) is 0. The van der Waals surface area contributed by atoms with Crippen LogP contribution in [0.1, 0.15) is 11.3 Å². The van der Waals surface area contributed by atoms with Gasteiger partial charge in [-0.05, 0) is 31.5 Å². The average Bonchev–Trinajstić information content (AvgIpc) is 2.44. The molecule has 0 spiro atoms. The molecule has 0 aliphatic heterocycles. The summed E-state index contributed by atoms with van der Waals surface area (Å²) in [7, 11) is 0. The van der Waals surface area contributed by atoms with Crippen molar-refractivity contribution in [3.05, 3.63) is 34.5 Å². The number of benzene rings is 1. The Labute approximate surface area is 94.6 Å². The number of nitrogens with zero attached hydrogens (tertiary/aromatic N) is 1. The highest BCUT2D eigenvalue weighted by atomic mass is 35.5. The molecular formula is C12H15ClN2. The summed E-state index contributed by atoms with van der Waals surface area (Å²) in [5, 5.41) is 2.05. The summed E-state index contributed by atoms with van der Waals surface area (Å²) in [6.07, 6.45) is 0. The standard InChI is InChI=1S/C12H15ClN2/c1-8-9(2)15(6-5-14)12-7-10(13)3-4-11(8)12/h3-4,7H,5-6,14H2,1-2H3. The molecule has 0 unspecified atom stereocenters. The molecule has 1 heterocycles. The number of fused-ring (bicyclic) bond motifs is 1. The molecule has 0 aliphatic rings. The van der Waals surface area contributed by atoms with Crippen molar-refractivity contribution < 1.29 is 0 Å². The van der Waals surface area contributed by atoms with Gasteiger partial charge in [-0.1, -0.05) is 17.7 Å². The van der Waals surface area contributed by atoms with Crippen LogP contribution in [-0.2, 0) is 6.54 Å². The van der Waals surface area contributed by atoms with Crippen LogP contribution in [0.15, 0.2) is 18.2 Å². The van der Waals surface area contributed by atoms with Gasteiger partial charge in [0, 0.05) is 29.2 Å². The van der Waals surface area contributed by atoms with Gasteiger partial charge in [-0.3, -0.25) is 0 Å². The Morgan fingerprint density at radius 2 is 2.07 bits per heavy atom. The lowest BCUT2D eigenvalue weighted by Crippen LogP contribution is -2.10. The van der Waals surface area contributed by atoms with E-state index in [1.165, 1.54) is 22.2 Å². The van der Waals surface area contributed by atoms with Gasteiger partial charge in [0.1, 0.15) is 0 Å². The number of halogens is 1. The quantitative estimate of drug-likeness (QED) is 0.833. The second-order valence-electron chi connectivity index (χ2n) is 3.81. The molecular weight excluding hydrogens is 208 g/mol. The van der Waals surface area contributed by atoms with Gasteiger partial charge in [-0.2, -0.15) is 0 Å². The van der Waals surface area contributed by atoms with E-state index in [9.17, 15) is 0 Å². The first-order valence-electron chi connectivity index (χ1n) is 5.10. The molecule has 2 rings (SSSR count). The van der Waals surface area contributed by atoms with Gasteiger partial charge < -0.3 is 10.3 Å². The largest absolute Gasteiger partial charge is 0.343 e. The van der Waals surface area contributed by atoms with Crippen LogP contribution >= 0.6 is 11.6 Å². The van der Waals surface area contributed by atoms with Crippen molar-refractivity contribution in [2.45, 2.75) is 20.4 Å². The van der Waals surface area contributed by atoms with Crippen LogP contribution in [-0.4, -0.2) is 11.1 Å². The van der Waals surface area contributed by atoms with E-state index >= 15 is 0 Å². The zero-order valence-electron chi connectivity index (χ0n) is 9.05. The lowest BCUT2D eigenvalue weighted by atomic mass is 10.2. The number of hydrogen-bond acceptors (Lipinski definition) is 1. The summed E-state index contributed by atoms with van der Waals surface area (Å²) in [5.74, 6) is 0. The highest BCUT2D eigenvalue weighted by Gasteiger charge is 2.09. The zero-order valence-corrected chi connectivity index (χ0v) is 9.80. The van der Waals surface area contributed by atoms with E-state index in [-0.39, 0.29) is 0 Å². The van der Waals surface area contributed by atoms with E-state index in [0.29, 0.717) is 6.54 Å². The predicted molar refractivity (Wildman–Crippen MR) is 65.5 cm³/mol. The minimum atomic E-state index is 0.649. The second kappa shape index (κ2) is 3.87. The van der Waals surface area contributed by atoms with Crippen molar-refractivity contribution in [1.29, 1.82) is 0 Å². The van der Waals surface area contributed by atoms with Gasteiger partial charge in [0.2, 0.25) is 0 Å². The smallest absolute Gasteiger partial charge is 0.0500 e. The molecule has 0 radical (unpaired) electrons. The van der Waals surface area contributed by atoms with Crippen LogP contribution in [0, 0.1) is 13.8 Å². The van der Waals surface area contributed by atoms with Crippen LogP contribution in [0.2, 0.25) is 5.02 Å². The fourth-order valence-electron chi connectivity index (χ4n) is 2.04. The third kappa shape index (κ3) is 1.64. The van der Waals surface area contributed by atoms with Crippen molar-refractivity contribution in [2.75, 3.05) is 6.54 Å². The van der Waals surface area contributed by atoms with Gasteiger partial charge in [0.15, 0.2) is 0 Å². The topological polar surface area (TPSA) is 30.9 Å². The number of nitrogens with two attached hydrogens (primary N) is 1. The molecule has 1 aromatic heterocycles. The summed E-state index contributed by atoms with van der Waals surface area (Å²) in [5.41, 5.74) is 9.39. The summed E-state index contributed by atoms with van der Waals surface area (Å²) >= 11 is 6.01. The Kier molecular flexibility index (Phi) is 2.72. The van der Waals surface area contributed by atoms with Crippen molar-refractivity contribution in [2.24, 2.45) is 5.73 Å². The predicted octanol–water partition coefficient (Wildman–Crippen LogP) is 2.87. The fraction of sp³-hybridized carbons (Fsp3) is 0.333. The highest BCUT2D eigenvalue weighted by Crippen LogP contribution is 2.27. The molecule has 2 nitrogen and oxygen atoms in total. The Morgan fingerprint density at radius 1 is 1.33 bits per heavy atom. The van der Waals surface area contributed by atoms with Gasteiger partial charge in [0.25, 0.3) is 0 Å². The molecule has 0 amide bonds. The summed E-state index contributed by atoms with van der Waals surface area (Å²) in [6, 6.07) is 6.02. The Balaban J connectivity index is 2.76. The van der Waals surface area contributed by atoms with Crippen LogP contribution < -0.4 is 5.73 Å². The monoisotopic (exact) mass is 222 g/mol. The zero-order chi connectivity index (χ0) is 11.0. The molecule has 2 aromatic rings. The number of hydrogen-bond donors (Lipinski definition) is 1. The van der Waals surface area contributed by atoms with E-state index in [2.05, 4.69) is 24.5 Å². The van der Waals surface area contributed by atoms with Crippen molar-refractivity contribution in [3.63, 3.8) is 0 Å². The normalized spacial score (nSPS) is 11.2. The maximum absolute atomic E-state index is 6.01. The molecule has 0 atom stereocenters. The first-order valence-corrected chi connectivity index (χ1v) is 5.48. The summed E-state index contributed by atoms with van der Waals surface area (Å²) < 4.78 is 2.23. The molecule has 0 saturated carbocycles. The van der Waals surface area contributed by atoms with Crippen LogP contribution in [0.3, 0.4) is 0 Å². The van der Waals surface area contributed by atoms with Crippen molar-refractivity contribution in [3.8, 4) is 0 Å². The molecule has 3 heteroatoms. The third-order valence-electron chi connectivity index (χ3n) is 2.95. The van der Waals surface area contributed by atoms with Crippen LogP contribution in [0.25, 0.3) is 10.9 Å². The highest BCUT2D eigenvalue weighted by molar-refractivity contribution is 6.31. The first-order chi connectivity index (χ1) is 7.15. The van der Waals surface area contributed by atoms with E-state index in [0.717, 1.165) is 11.6 Å². The third-order valence-corrected chi connectivity index (χ3v) is 3.19. The average molecular weight is 223 g/mol. The van der Waals surface area contributed by atoms with Gasteiger partial charge >= 0.3 is 0 Å². The van der Waals surface area contributed by atoms with Crippen LogP contribution in [0.5, 0.6) is 0 Å². The lowest BCUT2D eigenvalue weighted by Gasteiger charge is -2.06. The van der Waals surface area contributed by atoms with E-state index in [1.54, 1.807) is 0 Å². The SMILES string of the molecule is Cc1c(C)n(CCN)c2cc(Cl)ccc12. The minimum Gasteiger partial charge on any atom is -0.343 e. The van der Waals surface area contributed by atoms with Crippen LogP contribution in [0.4, 0.5) is 0 Å². The van der Waals surface area contributed by atoms with Crippen molar-refractivity contribution >= 4 is 22.5 Å². The summed E-state index contributed by atoms with van der Waals surface area (Å²) in [6.45, 7) is 5.75. The molecule has 80 valence electrons. The number of aromatic nitrogens is 1. The minimum absolute atomic E-state index is 0.649. The molecule has 1 aromatic carbocycles. The number of aryl methyl sites for hydroxylation is 1. The van der Waals surface area contributed by atoms with E-state index < -0.39 is 0 Å². The molecule has 0 fully saturated rings. The maximum atomic E-state index is 6.01. The second-order valence-corrected chi connectivity index (χ2v) is 4.25.